The fraction of sp³-hybridized carbons (Fsp3) is 0.500. The summed E-state index contributed by atoms with van der Waals surface area (Å²) >= 11 is 0. The normalized spacial score (nSPS) is 17.9. The molecule has 0 radical (unpaired) electrons. The van der Waals surface area contributed by atoms with E-state index < -0.39 is 18.0 Å². The zero-order valence-corrected chi connectivity index (χ0v) is 15.3. The minimum absolute atomic E-state index is 0.0554. The largest absolute Gasteiger partial charge is 0.454 e. The molecule has 1 saturated heterocycles. The first-order chi connectivity index (χ1) is 13.0. The number of hydrogen-bond donors (Lipinski definition) is 2. The SMILES string of the molecule is COC(=O)NC(=O)[C@H](C)N1CCC(C(=O)Nc2ccc3c(c2)OCO3)CC1. The van der Waals surface area contributed by atoms with Gasteiger partial charge in [0.2, 0.25) is 18.6 Å². The molecule has 1 aromatic carbocycles. The van der Waals surface area contributed by atoms with E-state index in [0.717, 1.165) is 0 Å². The number of fused-ring (bicyclic) bond motifs is 1. The second-order valence-corrected chi connectivity index (χ2v) is 6.52. The summed E-state index contributed by atoms with van der Waals surface area (Å²) in [5.74, 6) is 0.682. The van der Waals surface area contributed by atoms with Crippen molar-refractivity contribution in [3.63, 3.8) is 0 Å². The van der Waals surface area contributed by atoms with E-state index in [0.29, 0.717) is 43.1 Å². The van der Waals surface area contributed by atoms with Crippen molar-refractivity contribution in [3.05, 3.63) is 18.2 Å². The first-order valence-electron chi connectivity index (χ1n) is 8.81. The number of piperidine rings is 1. The van der Waals surface area contributed by atoms with Gasteiger partial charge in [0.25, 0.3) is 0 Å². The van der Waals surface area contributed by atoms with Crippen LogP contribution in [0.5, 0.6) is 11.5 Å². The number of carbonyl (C=O) groups is 3. The van der Waals surface area contributed by atoms with Crippen molar-refractivity contribution < 1.29 is 28.6 Å². The first kappa shape index (κ1) is 19.0. The lowest BCUT2D eigenvalue weighted by Crippen LogP contribution is -2.50. The number of nitrogens with zero attached hydrogens (tertiary/aromatic N) is 1. The maximum Gasteiger partial charge on any atom is 0.413 e. The van der Waals surface area contributed by atoms with Crippen molar-refractivity contribution in [3.8, 4) is 11.5 Å². The molecule has 2 aliphatic heterocycles. The Hall–Kier alpha value is -2.81. The molecule has 2 N–H and O–H groups in total. The fourth-order valence-electron chi connectivity index (χ4n) is 3.19. The molecule has 2 aliphatic rings. The average Bonchev–Trinajstić information content (AvgIpc) is 3.15. The Morgan fingerprint density at radius 1 is 1.19 bits per heavy atom. The summed E-state index contributed by atoms with van der Waals surface area (Å²) in [6.45, 7) is 3.10. The first-order valence-corrected chi connectivity index (χ1v) is 8.81. The highest BCUT2D eigenvalue weighted by molar-refractivity contribution is 5.95. The number of anilines is 1. The number of amides is 3. The lowest BCUT2D eigenvalue weighted by molar-refractivity contribution is -0.126. The van der Waals surface area contributed by atoms with Crippen LogP contribution in [0, 0.1) is 5.92 Å². The van der Waals surface area contributed by atoms with Crippen molar-refractivity contribution >= 4 is 23.6 Å². The number of ether oxygens (including phenoxy) is 3. The fourth-order valence-corrected chi connectivity index (χ4v) is 3.19. The number of hydrogen-bond acceptors (Lipinski definition) is 7. The van der Waals surface area contributed by atoms with Gasteiger partial charge in [-0.2, -0.15) is 0 Å². The zero-order valence-electron chi connectivity index (χ0n) is 15.3. The molecule has 3 rings (SSSR count). The molecule has 27 heavy (non-hydrogen) atoms. The minimum Gasteiger partial charge on any atom is -0.454 e. The Labute approximate surface area is 156 Å². The van der Waals surface area contributed by atoms with Gasteiger partial charge in [0.15, 0.2) is 11.5 Å². The summed E-state index contributed by atoms with van der Waals surface area (Å²) in [5.41, 5.74) is 0.664. The zero-order chi connectivity index (χ0) is 19.4. The highest BCUT2D eigenvalue weighted by atomic mass is 16.7. The van der Waals surface area contributed by atoms with Crippen molar-refractivity contribution in [2.75, 3.05) is 32.3 Å². The van der Waals surface area contributed by atoms with Crippen LogP contribution in [-0.2, 0) is 14.3 Å². The Morgan fingerprint density at radius 2 is 1.89 bits per heavy atom. The van der Waals surface area contributed by atoms with E-state index in [1.165, 1.54) is 7.11 Å². The smallest absolute Gasteiger partial charge is 0.413 e. The molecule has 1 aromatic rings. The summed E-state index contributed by atoms with van der Waals surface area (Å²) in [6.07, 6.45) is 0.489. The van der Waals surface area contributed by atoms with Gasteiger partial charge in [0.05, 0.1) is 13.2 Å². The van der Waals surface area contributed by atoms with Crippen LogP contribution in [0.25, 0.3) is 0 Å². The minimum atomic E-state index is -0.773. The molecule has 0 saturated carbocycles. The van der Waals surface area contributed by atoms with Crippen LogP contribution in [0.1, 0.15) is 19.8 Å². The Morgan fingerprint density at radius 3 is 2.59 bits per heavy atom. The molecular formula is C18H23N3O6. The number of nitrogens with one attached hydrogen (secondary N) is 2. The summed E-state index contributed by atoms with van der Waals surface area (Å²) < 4.78 is 15.0. The van der Waals surface area contributed by atoms with Crippen LogP contribution in [-0.4, -0.2) is 55.8 Å². The number of carbonyl (C=O) groups excluding carboxylic acids is 3. The van der Waals surface area contributed by atoms with Crippen LogP contribution >= 0.6 is 0 Å². The van der Waals surface area contributed by atoms with Gasteiger partial charge in [-0.05, 0) is 45.0 Å². The predicted octanol–water partition coefficient (Wildman–Crippen LogP) is 1.34. The van der Waals surface area contributed by atoms with Crippen molar-refractivity contribution in [2.24, 2.45) is 5.92 Å². The van der Waals surface area contributed by atoms with Crippen molar-refractivity contribution in [1.82, 2.24) is 10.2 Å². The highest BCUT2D eigenvalue weighted by Crippen LogP contribution is 2.34. The molecular weight excluding hydrogens is 354 g/mol. The number of methoxy groups -OCH3 is 1. The quantitative estimate of drug-likeness (QED) is 0.815. The van der Waals surface area contributed by atoms with Gasteiger partial charge in [-0.3, -0.25) is 19.8 Å². The summed E-state index contributed by atoms with van der Waals surface area (Å²) in [7, 11) is 1.21. The van der Waals surface area contributed by atoms with Gasteiger partial charge in [-0.15, -0.1) is 0 Å². The maximum atomic E-state index is 12.5. The molecule has 0 aromatic heterocycles. The van der Waals surface area contributed by atoms with E-state index in [4.69, 9.17) is 9.47 Å². The Balaban J connectivity index is 1.49. The molecule has 0 bridgehead atoms. The standard InChI is InChI=1S/C18H23N3O6/c1-11(16(22)20-18(24)25-2)21-7-5-12(6-8-21)17(23)19-13-3-4-14-15(9-13)27-10-26-14/h3-4,9,11-12H,5-8,10H2,1-2H3,(H,19,23)(H,20,22,24)/t11-/m0/s1. The lowest BCUT2D eigenvalue weighted by Gasteiger charge is -2.34. The third-order valence-corrected chi connectivity index (χ3v) is 4.88. The van der Waals surface area contributed by atoms with E-state index >= 15 is 0 Å². The molecule has 2 heterocycles. The van der Waals surface area contributed by atoms with Crippen LogP contribution in [0.4, 0.5) is 10.5 Å². The Bertz CT molecular complexity index is 730. The van der Waals surface area contributed by atoms with Gasteiger partial charge in [-0.1, -0.05) is 0 Å². The van der Waals surface area contributed by atoms with E-state index in [9.17, 15) is 14.4 Å². The second kappa shape index (κ2) is 8.26. The van der Waals surface area contributed by atoms with Gasteiger partial charge in [0.1, 0.15) is 0 Å². The van der Waals surface area contributed by atoms with Gasteiger partial charge in [-0.25, -0.2) is 4.79 Å². The van der Waals surface area contributed by atoms with Gasteiger partial charge < -0.3 is 19.5 Å². The number of rotatable bonds is 4. The average molecular weight is 377 g/mol. The number of alkyl carbamates (subject to hydrolysis) is 1. The molecule has 0 unspecified atom stereocenters. The highest BCUT2D eigenvalue weighted by Gasteiger charge is 2.30. The molecule has 3 amide bonds. The third-order valence-electron chi connectivity index (χ3n) is 4.88. The number of imide groups is 1. The van der Waals surface area contributed by atoms with E-state index in [1.54, 1.807) is 25.1 Å². The number of benzene rings is 1. The Kier molecular flexibility index (Phi) is 5.80. The second-order valence-electron chi connectivity index (χ2n) is 6.52. The lowest BCUT2D eigenvalue weighted by atomic mass is 9.94. The molecule has 1 fully saturated rings. The van der Waals surface area contributed by atoms with Crippen LogP contribution in [0.3, 0.4) is 0 Å². The molecule has 0 spiro atoms. The molecule has 1 atom stereocenters. The molecule has 146 valence electrons. The van der Waals surface area contributed by atoms with E-state index in [2.05, 4.69) is 15.4 Å². The van der Waals surface area contributed by atoms with Crippen LogP contribution in [0.15, 0.2) is 18.2 Å². The number of likely N-dealkylation sites (tertiary alicyclic amines) is 1. The van der Waals surface area contributed by atoms with Crippen molar-refractivity contribution in [1.29, 1.82) is 0 Å². The van der Waals surface area contributed by atoms with E-state index in [-0.39, 0.29) is 18.6 Å². The maximum absolute atomic E-state index is 12.5. The molecule has 9 heteroatoms. The summed E-state index contributed by atoms with van der Waals surface area (Å²) in [4.78, 5) is 37.6. The van der Waals surface area contributed by atoms with Gasteiger partial charge >= 0.3 is 6.09 Å². The predicted molar refractivity (Wildman–Crippen MR) is 95.5 cm³/mol. The monoisotopic (exact) mass is 377 g/mol. The molecule has 9 nitrogen and oxygen atoms in total. The topological polar surface area (TPSA) is 106 Å². The van der Waals surface area contributed by atoms with Crippen LogP contribution < -0.4 is 20.1 Å². The van der Waals surface area contributed by atoms with Crippen molar-refractivity contribution in [2.45, 2.75) is 25.8 Å². The van der Waals surface area contributed by atoms with Gasteiger partial charge in [0, 0.05) is 17.7 Å². The molecule has 0 aliphatic carbocycles. The van der Waals surface area contributed by atoms with Crippen LogP contribution in [0.2, 0.25) is 0 Å². The third kappa shape index (κ3) is 4.48. The summed E-state index contributed by atoms with van der Waals surface area (Å²) in [5, 5.41) is 5.08. The van der Waals surface area contributed by atoms with E-state index in [1.807, 2.05) is 4.90 Å². The summed E-state index contributed by atoms with van der Waals surface area (Å²) in [6, 6.07) is 4.82.